The zero-order valence-corrected chi connectivity index (χ0v) is 31.0. The molecule has 1 aliphatic heterocycles. The maximum atomic E-state index is 14.3. The van der Waals surface area contributed by atoms with Gasteiger partial charge in [0.05, 0.1) is 36.6 Å². The molecule has 5 rings (SSSR count). The largest absolute Gasteiger partial charge is 0.460 e. The summed E-state index contributed by atoms with van der Waals surface area (Å²) in [5.41, 5.74) is 8.09. The van der Waals surface area contributed by atoms with Crippen molar-refractivity contribution >= 4 is 23.6 Å². The van der Waals surface area contributed by atoms with Gasteiger partial charge in [0.2, 0.25) is 5.91 Å². The van der Waals surface area contributed by atoms with Crippen molar-refractivity contribution in [2.24, 2.45) is 0 Å². The number of aryl methyl sites for hydroxylation is 1. The number of anilines is 1. The van der Waals surface area contributed by atoms with Crippen molar-refractivity contribution in [3.05, 3.63) is 76.7 Å². The monoisotopic (exact) mass is 685 g/mol. The second kappa shape index (κ2) is 15.1. The van der Waals surface area contributed by atoms with Gasteiger partial charge in [0.15, 0.2) is 5.79 Å². The van der Waals surface area contributed by atoms with Crippen LogP contribution in [-0.4, -0.2) is 66.0 Å². The van der Waals surface area contributed by atoms with Gasteiger partial charge in [-0.05, 0) is 120 Å². The predicted octanol–water partition coefficient (Wildman–Crippen LogP) is 8.32. The Morgan fingerprint density at radius 1 is 1.10 bits per heavy atom. The Labute approximate surface area is 296 Å². The number of halogens is 1. The number of nitrogens with one attached hydrogen (secondary N) is 1. The zero-order valence-electron chi connectivity index (χ0n) is 31.0. The smallest absolute Gasteiger partial charge is 0.308 e. The lowest BCUT2D eigenvalue weighted by Gasteiger charge is -2.40. The van der Waals surface area contributed by atoms with Gasteiger partial charge in [0.1, 0.15) is 11.4 Å². The van der Waals surface area contributed by atoms with Crippen molar-refractivity contribution in [3.63, 3.8) is 0 Å². The molecule has 1 aliphatic carbocycles. The highest BCUT2D eigenvalue weighted by Crippen LogP contribution is 2.43. The van der Waals surface area contributed by atoms with Gasteiger partial charge >= 0.3 is 5.97 Å². The minimum absolute atomic E-state index is 0.0563. The Bertz CT molecular complexity index is 1740. The SMILES string of the molecule is CC(C)c1nc2c(c(-c3ccc(F)cc3)c1C=C[C@@H]1C[C@H](CC(=O)OC(C)(C)C)OC(C)(C)O1)CCCc1ccc(NC(=O)CN(C)C)cc1-2. The Balaban J connectivity index is 1.60. The molecular formula is C41H52FN3O5. The topological polar surface area (TPSA) is 90.0 Å². The number of carbonyl (C=O) groups excluding carboxylic acids is 2. The first-order valence-corrected chi connectivity index (χ1v) is 17.6. The molecule has 1 amide bonds. The maximum absolute atomic E-state index is 14.3. The maximum Gasteiger partial charge on any atom is 0.308 e. The molecule has 8 nitrogen and oxygen atoms in total. The van der Waals surface area contributed by atoms with Crippen LogP contribution in [0.3, 0.4) is 0 Å². The van der Waals surface area contributed by atoms with E-state index in [1.54, 1.807) is 0 Å². The summed E-state index contributed by atoms with van der Waals surface area (Å²) in [6.07, 6.45) is 6.59. The number of ether oxygens (including phenoxy) is 3. The first-order valence-electron chi connectivity index (χ1n) is 17.6. The van der Waals surface area contributed by atoms with E-state index in [1.165, 1.54) is 17.7 Å². The van der Waals surface area contributed by atoms with E-state index >= 15 is 0 Å². The van der Waals surface area contributed by atoms with Crippen LogP contribution in [0.4, 0.5) is 10.1 Å². The molecule has 0 unspecified atom stereocenters. The second-order valence-corrected chi connectivity index (χ2v) is 15.5. The van der Waals surface area contributed by atoms with Gasteiger partial charge in [-0.1, -0.05) is 44.2 Å². The van der Waals surface area contributed by atoms with Crippen LogP contribution in [0.5, 0.6) is 0 Å². The van der Waals surface area contributed by atoms with E-state index in [0.717, 1.165) is 64.2 Å². The summed E-state index contributed by atoms with van der Waals surface area (Å²) in [5, 5.41) is 3.05. The van der Waals surface area contributed by atoms with Gasteiger partial charge in [-0.15, -0.1) is 0 Å². The minimum Gasteiger partial charge on any atom is -0.460 e. The number of benzene rings is 2. The molecule has 1 N–H and O–H groups in total. The Morgan fingerprint density at radius 3 is 2.48 bits per heavy atom. The molecule has 1 saturated heterocycles. The van der Waals surface area contributed by atoms with E-state index in [1.807, 2.05) is 84.0 Å². The van der Waals surface area contributed by atoms with Crippen LogP contribution < -0.4 is 5.32 Å². The molecule has 1 aromatic heterocycles. The molecular weight excluding hydrogens is 633 g/mol. The second-order valence-electron chi connectivity index (χ2n) is 15.5. The van der Waals surface area contributed by atoms with Crippen molar-refractivity contribution in [1.82, 2.24) is 9.88 Å². The van der Waals surface area contributed by atoms with E-state index in [2.05, 4.69) is 31.3 Å². The van der Waals surface area contributed by atoms with E-state index in [9.17, 15) is 14.0 Å². The van der Waals surface area contributed by atoms with Crippen LogP contribution in [0.2, 0.25) is 0 Å². The fourth-order valence-electron chi connectivity index (χ4n) is 6.88. The van der Waals surface area contributed by atoms with Crippen molar-refractivity contribution in [2.75, 3.05) is 26.0 Å². The quantitative estimate of drug-likeness (QED) is 0.227. The summed E-state index contributed by atoms with van der Waals surface area (Å²) < 4.78 is 32.4. The van der Waals surface area contributed by atoms with Crippen LogP contribution in [-0.2, 0) is 36.6 Å². The fraction of sp³-hybridized carbons (Fsp3) is 0.488. The molecule has 0 spiro atoms. The lowest BCUT2D eigenvalue weighted by atomic mass is 9.86. The summed E-state index contributed by atoms with van der Waals surface area (Å²) in [5.74, 6) is -1.54. The van der Waals surface area contributed by atoms with Crippen LogP contribution in [0, 0.1) is 5.82 Å². The van der Waals surface area contributed by atoms with Crippen LogP contribution in [0.1, 0.15) is 96.0 Å². The molecule has 0 bridgehead atoms. The van der Waals surface area contributed by atoms with Crippen LogP contribution in [0.15, 0.2) is 48.5 Å². The summed E-state index contributed by atoms with van der Waals surface area (Å²) >= 11 is 0. The van der Waals surface area contributed by atoms with Gasteiger partial charge in [0.25, 0.3) is 0 Å². The number of hydrogen-bond acceptors (Lipinski definition) is 7. The number of nitrogens with zero attached hydrogens (tertiary/aromatic N) is 2. The van der Waals surface area contributed by atoms with Crippen molar-refractivity contribution < 1.29 is 28.2 Å². The Kier molecular flexibility index (Phi) is 11.3. The lowest BCUT2D eigenvalue weighted by molar-refractivity contribution is -0.290. The summed E-state index contributed by atoms with van der Waals surface area (Å²) in [4.78, 5) is 32.6. The van der Waals surface area contributed by atoms with Crippen LogP contribution >= 0.6 is 0 Å². The highest BCUT2D eigenvalue weighted by Gasteiger charge is 2.36. The molecule has 1 fully saturated rings. The highest BCUT2D eigenvalue weighted by molar-refractivity contribution is 5.93. The van der Waals surface area contributed by atoms with Gasteiger partial charge in [0, 0.05) is 23.2 Å². The number of aromatic nitrogens is 1. The third-order valence-electron chi connectivity index (χ3n) is 8.70. The number of esters is 1. The predicted molar refractivity (Wildman–Crippen MR) is 196 cm³/mol. The van der Waals surface area contributed by atoms with E-state index in [4.69, 9.17) is 19.2 Å². The summed E-state index contributed by atoms with van der Waals surface area (Å²) in [6, 6.07) is 12.8. The standard InChI is InChI=1S/C41H52FN3O5/c1-25(2)38-33(20-19-30-22-31(49-41(6,7)48-30)23-36(47)50-40(3,4)5)37(27-13-16-28(42)17-14-27)32-12-10-11-26-15-18-29(21-34(26)39(32)44-38)43-35(46)24-45(8)9/h13-21,25,30-31H,10-12,22-24H2,1-9H3,(H,43,46)/t30-,31-/m1/s1. The van der Waals surface area contributed by atoms with Crippen molar-refractivity contribution in [3.8, 4) is 22.4 Å². The number of carbonyl (C=O) groups is 2. The first-order chi connectivity index (χ1) is 23.5. The first kappa shape index (κ1) is 37.3. The van der Waals surface area contributed by atoms with E-state index < -0.39 is 11.4 Å². The Morgan fingerprint density at radius 2 is 1.82 bits per heavy atom. The van der Waals surface area contributed by atoms with Gasteiger partial charge in [-0.2, -0.15) is 0 Å². The van der Waals surface area contributed by atoms with Crippen molar-refractivity contribution in [1.29, 1.82) is 0 Å². The molecule has 9 heteroatoms. The van der Waals surface area contributed by atoms with Gasteiger partial charge < -0.3 is 24.4 Å². The molecule has 50 heavy (non-hydrogen) atoms. The lowest BCUT2D eigenvalue weighted by Crippen LogP contribution is -2.45. The normalized spacial score (nSPS) is 18.9. The third-order valence-corrected chi connectivity index (χ3v) is 8.70. The van der Waals surface area contributed by atoms with E-state index in [0.29, 0.717) is 6.42 Å². The molecule has 2 atom stereocenters. The Hall–Kier alpha value is -3.92. The third kappa shape index (κ3) is 9.44. The van der Waals surface area contributed by atoms with Gasteiger partial charge in [-0.25, -0.2) is 4.39 Å². The highest BCUT2D eigenvalue weighted by atomic mass is 19.1. The molecule has 2 aromatic carbocycles. The number of hydrogen-bond donors (Lipinski definition) is 1. The summed E-state index contributed by atoms with van der Waals surface area (Å²) in [7, 11) is 3.73. The van der Waals surface area contributed by atoms with Crippen molar-refractivity contribution in [2.45, 2.75) is 110 Å². The van der Waals surface area contributed by atoms with E-state index in [-0.39, 0.29) is 48.8 Å². The number of likely N-dealkylation sites (N-methyl/N-ethyl adjacent to an activating group) is 1. The molecule has 3 aromatic rings. The minimum atomic E-state index is -0.907. The average Bonchev–Trinajstić information content (AvgIpc) is 3.16. The van der Waals surface area contributed by atoms with Gasteiger partial charge in [-0.3, -0.25) is 14.6 Å². The number of fused-ring (bicyclic) bond motifs is 3. The average molecular weight is 686 g/mol. The zero-order chi connectivity index (χ0) is 36.4. The fourth-order valence-corrected chi connectivity index (χ4v) is 6.88. The number of amides is 1. The molecule has 0 radical (unpaired) electrons. The van der Waals surface area contributed by atoms with Crippen LogP contribution in [0.25, 0.3) is 28.5 Å². The summed E-state index contributed by atoms with van der Waals surface area (Å²) in [6.45, 7) is 13.8. The number of rotatable bonds is 9. The number of pyridine rings is 1. The molecule has 2 aliphatic rings. The molecule has 268 valence electrons. The molecule has 2 heterocycles. The molecule has 0 saturated carbocycles.